The first kappa shape index (κ1) is 11.2. The minimum absolute atomic E-state index is 0.0398. The maximum Gasteiger partial charge on any atom is 0.221 e. The predicted molar refractivity (Wildman–Crippen MR) is 60.8 cm³/mol. The third kappa shape index (κ3) is 2.64. The highest BCUT2D eigenvalue weighted by molar-refractivity contribution is 5.75. The molecule has 88 valence electrons. The summed E-state index contributed by atoms with van der Waals surface area (Å²) in [6.45, 7) is 0.664. The highest BCUT2D eigenvalue weighted by Crippen LogP contribution is 2.40. The molecule has 0 aromatic carbocycles. The Bertz CT molecular complexity index is 369. The summed E-state index contributed by atoms with van der Waals surface area (Å²) in [6, 6.07) is 1.94. The van der Waals surface area contributed by atoms with Crippen LogP contribution in [0.2, 0.25) is 0 Å². The average molecular weight is 222 g/mol. The van der Waals surface area contributed by atoms with Crippen molar-refractivity contribution in [1.29, 1.82) is 0 Å². The molecule has 1 fully saturated rings. The van der Waals surface area contributed by atoms with Crippen LogP contribution in [0.3, 0.4) is 0 Å². The molecule has 1 unspecified atom stereocenters. The van der Waals surface area contributed by atoms with E-state index in [4.69, 9.17) is 0 Å². The second-order valence-corrected chi connectivity index (χ2v) is 4.39. The van der Waals surface area contributed by atoms with Gasteiger partial charge in [0.05, 0.1) is 6.10 Å². The lowest BCUT2D eigenvalue weighted by Crippen LogP contribution is -2.19. The van der Waals surface area contributed by atoms with Gasteiger partial charge in [-0.2, -0.15) is 0 Å². The number of carbonyl (C=O) groups excluding carboxylic acids is 1. The van der Waals surface area contributed by atoms with Gasteiger partial charge in [0.15, 0.2) is 0 Å². The topological polar surface area (TPSA) is 54.3 Å². The standard InChI is InChI=1S/C12H18N2O2/c1-13-11(15)5-7-14-6-4-10(8-14)12(16)9-2-3-9/h4,6,8-9,12,16H,2-3,5,7H2,1H3,(H,13,15). The number of rotatable bonds is 5. The summed E-state index contributed by atoms with van der Waals surface area (Å²) in [5, 5.41) is 12.5. The first-order valence-electron chi connectivity index (χ1n) is 5.75. The summed E-state index contributed by atoms with van der Waals surface area (Å²) in [7, 11) is 1.64. The number of aryl methyl sites for hydroxylation is 1. The van der Waals surface area contributed by atoms with Crippen molar-refractivity contribution in [1.82, 2.24) is 9.88 Å². The molecule has 2 N–H and O–H groups in total. The van der Waals surface area contributed by atoms with Crippen LogP contribution in [0.4, 0.5) is 0 Å². The quantitative estimate of drug-likeness (QED) is 0.783. The van der Waals surface area contributed by atoms with Gasteiger partial charge in [0.2, 0.25) is 5.91 Å². The molecule has 1 aliphatic rings. The summed E-state index contributed by atoms with van der Waals surface area (Å²) in [5.74, 6) is 0.493. The monoisotopic (exact) mass is 222 g/mol. The fourth-order valence-corrected chi connectivity index (χ4v) is 1.81. The molecule has 1 amide bonds. The first-order chi connectivity index (χ1) is 7.70. The zero-order valence-corrected chi connectivity index (χ0v) is 9.52. The van der Waals surface area contributed by atoms with Gasteiger partial charge >= 0.3 is 0 Å². The Morgan fingerprint density at radius 1 is 1.69 bits per heavy atom. The van der Waals surface area contributed by atoms with Crippen molar-refractivity contribution in [3.8, 4) is 0 Å². The molecule has 0 bridgehead atoms. The molecule has 2 rings (SSSR count). The molecular weight excluding hydrogens is 204 g/mol. The van der Waals surface area contributed by atoms with Gasteiger partial charge in [-0.3, -0.25) is 4.79 Å². The molecule has 1 heterocycles. The van der Waals surface area contributed by atoms with Crippen LogP contribution in [0, 0.1) is 5.92 Å². The van der Waals surface area contributed by atoms with Crippen molar-refractivity contribution < 1.29 is 9.90 Å². The van der Waals surface area contributed by atoms with Gasteiger partial charge in [0, 0.05) is 32.4 Å². The van der Waals surface area contributed by atoms with Gasteiger partial charge in [0.1, 0.15) is 0 Å². The number of hydrogen-bond donors (Lipinski definition) is 2. The Hall–Kier alpha value is -1.29. The Labute approximate surface area is 95.3 Å². The molecule has 1 saturated carbocycles. The van der Waals surface area contributed by atoms with Crippen LogP contribution >= 0.6 is 0 Å². The molecular formula is C12H18N2O2. The molecule has 0 aliphatic heterocycles. The number of aromatic nitrogens is 1. The molecule has 1 atom stereocenters. The maximum atomic E-state index is 11.1. The lowest BCUT2D eigenvalue weighted by atomic mass is 10.1. The van der Waals surface area contributed by atoms with E-state index in [0.29, 0.717) is 18.9 Å². The van der Waals surface area contributed by atoms with Crippen molar-refractivity contribution in [2.45, 2.75) is 31.9 Å². The molecule has 1 aromatic heterocycles. The van der Waals surface area contributed by atoms with Crippen molar-refractivity contribution in [3.63, 3.8) is 0 Å². The van der Waals surface area contributed by atoms with Gasteiger partial charge in [0.25, 0.3) is 0 Å². The van der Waals surface area contributed by atoms with E-state index in [2.05, 4.69) is 5.32 Å². The van der Waals surface area contributed by atoms with Gasteiger partial charge < -0.3 is 15.0 Å². The first-order valence-corrected chi connectivity index (χ1v) is 5.75. The summed E-state index contributed by atoms with van der Waals surface area (Å²) in [6.07, 6.45) is 6.27. The van der Waals surface area contributed by atoms with Crippen LogP contribution in [0.15, 0.2) is 18.5 Å². The van der Waals surface area contributed by atoms with Crippen LogP contribution in [-0.2, 0) is 11.3 Å². The fourth-order valence-electron chi connectivity index (χ4n) is 1.81. The number of nitrogens with zero attached hydrogens (tertiary/aromatic N) is 1. The third-order valence-corrected chi connectivity index (χ3v) is 3.06. The van der Waals surface area contributed by atoms with E-state index in [1.807, 2.05) is 23.0 Å². The normalized spacial score (nSPS) is 17.1. The fraction of sp³-hybridized carbons (Fsp3) is 0.583. The van der Waals surface area contributed by atoms with Crippen LogP contribution < -0.4 is 5.32 Å². The highest BCUT2D eigenvalue weighted by Gasteiger charge is 2.31. The minimum atomic E-state index is -0.318. The van der Waals surface area contributed by atoms with Gasteiger partial charge in [-0.05, 0) is 30.4 Å². The van der Waals surface area contributed by atoms with Crippen molar-refractivity contribution in [2.24, 2.45) is 5.92 Å². The molecule has 4 heteroatoms. The number of amides is 1. The summed E-state index contributed by atoms with van der Waals surface area (Å²) in [4.78, 5) is 11.1. The largest absolute Gasteiger partial charge is 0.388 e. The van der Waals surface area contributed by atoms with E-state index < -0.39 is 0 Å². The van der Waals surface area contributed by atoms with Gasteiger partial charge in [-0.15, -0.1) is 0 Å². The molecule has 1 aliphatic carbocycles. The predicted octanol–water partition coefficient (Wildman–Crippen LogP) is 1.07. The van der Waals surface area contributed by atoms with Gasteiger partial charge in [-0.1, -0.05) is 0 Å². The maximum absolute atomic E-state index is 11.1. The summed E-state index contributed by atoms with van der Waals surface area (Å²) < 4.78 is 1.95. The minimum Gasteiger partial charge on any atom is -0.388 e. The van der Waals surface area contributed by atoms with Crippen LogP contribution in [0.25, 0.3) is 0 Å². The molecule has 0 spiro atoms. The van der Waals surface area contributed by atoms with E-state index in [-0.39, 0.29) is 12.0 Å². The second-order valence-electron chi connectivity index (χ2n) is 4.39. The highest BCUT2D eigenvalue weighted by atomic mass is 16.3. The number of aliphatic hydroxyl groups is 1. The van der Waals surface area contributed by atoms with Crippen LogP contribution in [0.5, 0.6) is 0 Å². The van der Waals surface area contributed by atoms with E-state index in [0.717, 1.165) is 18.4 Å². The van der Waals surface area contributed by atoms with Crippen LogP contribution in [0.1, 0.15) is 30.9 Å². The number of aliphatic hydroxyl groups excluding tert-OH is 1. The van der Waals surface area contributed by atoms with Gasteiger partial charge in [-0.25, -0.2) is 0 Å². The molecule has 4 nitrogen and oxygen atoms in total. The van der Waals surface area contributed by atoms with Crippen LogP contribution in [-0.4, -0.2) is 22.6 Å². The van der Waals surface area contributed by atoms with E-state index in [1.165, 1.54) is 0 Å². The average Bonchev–Trinajstić information content (AvgIpc) is 3.04. The van der Waals surface area contributed by atoms with E-state index in [9.17, 15) is 9.90 Å². The summed E-state index contributed by atoms with van der Waals surface area (Å²) >= 11 is 0. The lowest BCUT2D eigenvalue weighted by molar-refractivity contribution is -0.120. The van der Waals surface area contributed by atoms with E-state index in [1.54, 1.807) is 7.05 Å². The SMILES string of the molecule is CNC(=O)CCn1ccc(C(O)C2CC2)c1. The van der Waals surface area contributed by atoms with Crippen molar-refractivity contribution >= 4 is 5.91 Å². The Kier molecular flexibility index (Phi) is 3.29. The Morgan fingerprint density at radius 3 is 3.06 bits per heavy atom. The smallest absolute Gasteiger partial charge is 0.221 e. The molecule has 0 radical (unpaired) electrons. The zero-order chi connectivity index (χ0) is 11.5. The second kappa shape index (κ2) is 4.70. The summed E-state index contributed by atoms with van der Waals surface area (Å²) in [5.41, 5.74) is 0.972. The van der Waals surface area contributed by atoms with E-state index >= 15 is 0 Å². The lowest BCUT2D eigenvalue weighted by Gasteiger charge is -2.06. The van der Waals surface area contributed by atoms with Crippen molar-refractivity contribution in [3.05, 3.63) is 24.0 Å². The zero-order valence-electron chi connectivity index (χ0n) is 9.52. The Morgan fingerprint density at radius 2 is 2.44 bits per heavy atom. The molecule has 0 saturated heterocycles. The number of nitrogens with one attached hydrogen (secondary N) is 1. The molecule has 1 aromatic rings. The Balaban J connectivity index is 1.88. The molecule has 16 heavy (non-hydrogen) atoms. The third-order valence-electron chi connectivity index (χ3n) is 3.06. The van der Waals surface area contributed by atoms with Crippen molar-refractivity contribution in [2.75, 3.05) is 7.05 Å². The number of carbonyl (C=O) groups is 1. The number of hydrogen-bond acceptors (Lipinski definition) is 2.